The molecule has 1 aliphatic rings. The molecule has 0 saturated carbocycles. The third-order valence-corrected chi connectivity index (χ3v) is 7.88. The monoisotopic (exact) mass is 442 g/mol. The van der Waals surface area contributed by atoms with Crippen LogP contribution in [0.2, 0.25) is 0 Å². The first-order valence-electron chi connectivity index (χ1n) is 9.66. The minimum absolute atomic E-state index is 0.0633. The largest absolute Gasteiger partial charge is 0.492 e. The van der Waals surface area contributed by atoms with Crippen molar-refractivity contribution in [3.05, 3.63) is 82.0 Å². The lowest BCUT2D eigenvalue weighted by molar-refractivity contribution is 0.0948. The third-order valence-electron chi connectivity index (χ3n) is 4.95. The Kier molecular flexibility index (Phi) is 6.17. The number of nitrogens with zero attached hydrogens (tertiary/aromatic N) is 1. The van der Waals surface area contributed by atoms with E-state index in [9.17, 15) is 13.2 Å². The Morgan fingerprint density at radius 1 is 1.03 bits per heavy atom. The Hall–Kier alpha value is -2.68. The predicted molar refractivity (Wildman–Crippen MR) is 116 cm³/mol. The average Bonchev–Trinajstić information content (AvgIpc) is 3.28. The maximum Gasteiger partial charge on any atom is 0.262 e. The second-order valence-electron chi connectivity index (χ2n) is 6.89. The molecule has 8 heteroatoms. The van der Waals surface area contributed by atoms with Gasteiger partial charge in [0, 0.05) is 13.1 Å². The fraction of sp³-hybridized carbons (Fsp3) is 0.227. The number of ether oxygens (including phenoxy) is 1. The van der Waals surface area contributed by atoms with Crippen LogP contribution in [0.3, 0.4) is 0 Å². The maximum absolute atomic E-state index is 13.2. The number of hydrogen-bond acceptors (Lipinski definition) is 5. The van der Waals surface area contributed by atoms with Crippen LogP contribution in [-0.2, 0) is 23.0 Å². The number of thiophene rings is 1. The van der Waals surface area contributed by atoms with Crippen molar-refractivity contribution >= 4 is 27.3 Å². The summed E-state index contributed by atoms with van der Waals surface area (Å²) in [5, 5.41) is 4.39. The van der Waals surface area contributed by atoms with E-state index in [-0.39, 0.29) is 16.3 Å². The van der Waals surface area contributed by atoms with E-state index in [2.05, 4.69) is 5.32 Å². The molecule has 3 aromatic rings. The van der Waals surface area contributed by atoms with E-state index in [1.807, 2.05) is 54.6 Å². The molecule has 1 N–H and O–H groups in total. The summed E-state index contributed by atoms with van der Waals surface area (Å²) in [6.45, 7) is 1.30. The molecule has 0 unspecified atom stereocenters. The number of carbonyl (C=O) groups is 1. The fourth-order valence-electron chi connectivity index (χ4n) is 3.41. The van der Waals surface area contributed by atoms with Gasteiger partial charge in [0.25, 0.3) is 5.91 Å². The van der Waals surface area contributed by atoms with Crippen LogP contribution in [0, 0.1) is 0 Å². The lowest BCUT2D eigenvalue weighted by Gasteiger charge is -2.28. The number of benzene rings is 2. The first-order valence-corrected chi connectivity index (χ1v) is 12.0. The van der Waals surface area contributed by atoms with Crippen molar-refractivity contribution in [1.29, 1.82) is 0 Å². The fourth-order valence-corrected chi connectivity index (χ4v) is 6.15. The normalized spacial score (nSPS) is 14.1. The highest BCUT2D eigenvalue weighted by atomic mass is 32.2. The van der Waals surface area contributed by atoms with Crippen molar-refractivity contribution < 1.29 is 17.9 Å². The summed E-state index contributed by atoms with van der Waals surface area (Å²) >= 11 is 1.13. The quantitative estimate of drug-likeness (QED) is 0.570. The van der Waals surface area contributed by atoms with Crippen LogP contribution in [0.5, 0.6) is 5.75 Å². The van der Waals surface area contributed by atoms with E-state index < -0.39 is 15.9 Å². The van der Waals surface area contributed by atoms with E-state index in [0.717, 1.165) is 22.6 Å². The van der Waals surface area contributed by atoms with Crippen molar-refractivity contribution in [2.45, 2.75) is 17.9 Å². The number of fused-ring (bicyclic) bond motifs is 1. The molecular formula is C22H22N2O4S2. The predicted octanol–water partition coefficient (Wildman–Crippen LogP) is 3.30. The van der Waals surface area contributed by atoms with Crippen molar-refractivity contribution in [3.8, 4) is 5.75 Å². The minimum Gasteiger partial charge on any atom is -0.492 e. The van der Waals surface area contributed by atoms with Crippen LogP contribution in [0.15, 0.2) is 70.9 Å². The summed E-state index contributed by atoms with van der Waals surface area (Å²) in [5.74, 6) is 0.314. The Bertz CT molecular complexity index is 1130. The molecule has 0 bridgehead atoms. The van der Waals surface area contributed by atoms with Gasteiger partial charge in [-0.2, -0.15) is 4.31 Å². The third kappa shape index (κ3) is 4.40. The summed E-state index contributed by atoms with van der Waals surface area (Å²) in [4.78, 5) is 12.9. The molecule has 0 aliphatic carbocycles. The zero-order chi connectivity index (χ0) is 21.0. The Morgan fingerprint density at radius 2 is 1.77 bits per heavy atom. The zero-order valence-electron chi connectivity index (χ0n) is 16.3. The maximum atomic E-state index is 13.2. The highest BCUT2D eigenvalue weighted by Crippen LogP contribution is 2.29. The number of amides is 1. The van der Waals surface area contributed by atoms with Gasteiger partial charge in [-0.1, -0.05) is 42.5 Å². The van der Waals surface area contributed by atoms with Gasteiger partial charge in [0.05, 0.1) is 6.54 Å². The van der Waals surface area contributed by atoms with E-state index in [1.165, 1.54) is 15.9 Å². The molecule has 30 heavy (non-hydrogen) atoms. The number of carbonyl (C=O) groups excluding carboxylic acids is 1. The molecule has 0 fully saturated rings. The summed E-state index contributed by atoms with van der Waals surface area (Å²) in [6.07, 6.45) is 0.665. The standard InChI is InChI=1S/C22H22N2O4S2/c25-22(23-12-14-28-19-8-2-1-3-9-19)21-20(11-15-29-21)30(26,27)24-13-10-17-6-4-5-7-18(17)16-24/h1-9,11,15H,10,12-14,16H2,(H,23,25). The molecule has 2 heterocycles. The minimum atomic E-state index is -3.76. The van der Waals surface area contributed by atoms with Gasteiger partial charge < -0.3 is 10.1 Å². The van der Waals surface area contributed by atoms with E-state index in [1.54, 1.807) is 5.38 Å². The van der Waals surface area contributed by atoms with Crippen LogP contribution in [-0.4, -0.2) is 38.3 Å². The molecule has 2 aromatic carbocycles. The zero-order valence-corrected chi connectivity index (χ0v) is 17.9. The molecule has 0 radical (unpaired) electrons. The molecule has 1 aromatic heterocycles. The first-order chi connectivity index (χ1) is 14.6. The van der Waals surface area contributed by atoms with Crippen molar-refractivity contribution in [2.24, 2.45) is 0 Å². The highest BCUT2D eigenvalue weighted by Gasteiger charge is 2.32. The van der Waals surface area contributed by atoms with Crippen molar-refractivity contribution in [3.63, 3.8) is 0 Å². The summed E-state index contributed by atoms with van der Waals surface area (Å²) < 4.78 is 33.5. The molecule has 6 nitrogen and oxygen atoms in total. The molecule has 0 spiro atoms. The van der Waals surface area contributed by atoms with Crippen LogP contribution in [0.4, 0.5) is 0 Å². The van der Waals surface area contributed by atoms with Crippen LogP contribution in [0.1, 0.15) is 20.8 Å². The Morgan fingerprint density at radius 3 is 2.57 bits per heavy atom. The van der Waals surface area contributed by atoms with Gasteiger partial charge in [-0.15, -0.1) is 11.3 Å². The topological polar surface area (TPSA) is 75.7 Å². The van der Waals surface area contributed by atoms with E-state index in [0.29, 0.717) is 26.1 Å². The van der Waals surface area contributed by atoms with E-state index in [4.69, 9.17) is 4.74 Å². The van der Waals surface area contributed by atoms with Crippen LogP contribution in [0.25, 0.3) is 0 Å². The Balaban J connectivity index is 1.41. The molecule has 0 atom stereocenters. The number of para-hydroxylation sites is 1. The van der Waals surface area contributed by atoms with Gasteiger partial charge >= 0.3 is 0 Å². The van der Waals surface area contributed by atoms with Crippen LogP contribution < -0.4 is 10.1 Å². The lowest BCUT2D eigenvalue weighted by Crippen LogP contribution is -2.37. The number of sulfonamides is 1. The Labute approximate surface area is 180 Å². The number of nitrogens with one attached hydrogen (secondary N) is 1. The molecule has 1 aliphatic heterocycles. The number of rotatable bonds is 7. The second-order valence-corrected chi connectivity index (χ2v) is 9.71. The van der Waals surface area contributed by atoms with Crippen molar-refractivity contribution in [2.75, 3.05) is 19.7 Å². The van der Waals surface area contributed by atoms with E-state index >= 15 is 0 Å². The molecule has 0 saturated heterocycles. The van der Waals surface area contributed by atoms with Gasteiger partial charge in [-0.05, 0) is 41.1 Å². The van der Waals surface area contributed by atoms with Gasteiger partial charge in [0.15, 0.2) is 0 Å². The van der Waals surface area contributed by atoms with Gasteiger partial charge in [0.2, 0.25) is 10.0 Å². The molecule has 1 amide bonds. The number of hydrogen-bond donors (Lipinski definition) is 1. The average molecular weight is 443 g/mol. The highest BCUT2D eigenvalue weighted by molar-refractivity contribution is 7.89. The van der Waals surface area contributed by atoms with Gasteiger partial charge in [-0.25, -0.2) is 8.42 Å². The summed E-state index contributed by atoms with van der Waals surface area (Å²) in [6, 6.07) is 18.7. The SMILES string of the molecule is O=C(NCCOc1ccccc1)c1sccc1S(=O)(=O)N1CCc2ccccc2C1. The smallest absolute Gasteiger partial charge is 0.262 e. The van der Waals surface area contributed by atoms with Gasteiger partial charge in [0.1, 0.15) is 22.1 Å². The molecule has 156 valence electrons. The molecule has 4 rings (SSSR count). The molecular weight excluding hydrogens is 420 g/mol. The summed E-state index contributed by atoms with van der Waals surface area (Å²) in [5.41, 5.74) is 2.18. The van der Waals surface area contributed by atoms with Gasteiger partial charge in [-0.3, -0.25) is 4.79 Å². The first kappa shape index (κ1) is 20.6. The van der Waals surface area contributed by atoms with Crippen LogP contribution >= 0.6 is 11.3 Å². The lowest BCUT2D eigenvalue weighted by atomic mass is 10.0. The second kappa shape index (κ2) is 8.99. The summed E-state index contributed by atoms with van der Waals surface area (Å²) in [7, 11) is -3.76. The van der Waals surface area contributed by atoms with Crippen molar-refractivity contribution in [1.82, 2.24) is 9.62 Å².